The molecule has 0 spiro atoms. The molecule has 84 valence electrons. The van der Waals surface area contributed by atoms with Crippen molar-refractivity contribution in [3.05, 3.63) is 30.5 Å². The first kappa shape index (κ1) is 10.4. The molecule has 0 bridgehead atoms. The molecular formula is C10H14N6. The highest BCUT2D eigenvalue weighted by Crippen LogP contribution is 2.05. The fourth-order valence-electron chi connectivity index (χ4n) is 1.33. The Morgan fingerprint density at radius 2 is 2.25 bits per heavy atom. The molecule has 0 saturated carbocycles. The monoisotopic (exact) mass is 218 g/mol. The van der Waals surface area contributed by atoms with E-state index in [4.69, 9.17) is 5.73 Å². The second kappa shape index (κ2) is 5.11. The van der Waals surface area contributed by atoms with Crippen molar-refractivity contribution >= 4 is 11.5 Å². The molecule has 0 atom stereocenters. The highest BCUT2D eigenvalue weighted by atomic mass is 15.2. The maximum Gasteiger partial charge on any atom is 0.137 e. The summed E-state index contributed by atoms with van der Waals surface area (Å²) in [6.45, 7) is 0.845. The number of hydrogen-bond acceptors (Lipinski definition) is 5. The molecular weight excluding hydrogens is 204 g/mol. The lowest BCUT2D eigenvalue weighted by Crippen LogP contribution is -2.05. The first-order valence-electron chi connectivity index (χ1n) is 5.14. The van der Waals surface area contributed by atoms with Gasteiger partial charge in [0, 0.05) is 13.0 Å². The number of H-pyrrole nitrogens is 1. The first-order chi connectivity index (χ1) is 7.84. The van der Waals surface area contributed by atoms with Gasteiger partial charge in [0.25, 0.3) is 0 Å². The Balaban J connectivity index is 1.70. The summed E-state index contributed by atoms with van der Waals surface area (Å²) in [6, 6.07) is 3.69. The van der Waals surface area contributed by atoms with Gasteiger partial charge in [-0.1, -0.05) is 0 Å². The lowest BCUT2D eigenvalue weighted by atomic mass is 10.3. The molecule has 0 aliphatic rings. The van der Waals surface area contributed by atoms with Crippen molar-refractivity contribution in [1.82, 2.24) is 20.2 Å². The van der Waals surface area contributed by atoms with Gasteiger partial charge < -0.3 is 11.1 Å². The molecule has 0 fully saturated rings. The van der Waals surface area contributed by atoms with Crippen molar-refractivity contribution in [2.75, 3.05) is 17.6 Å². The number of aromatic nitrogens is 4. The molecule has 0 saturated heterocycles. The zero-order valence-electron chi connectivity index (χ0n) is 8.85. The minimum absolute atomic E-state index is 0.673. The van der Waals surface area contributed by atoms with Gasteiger partial charge in [-0.2, -0.15) is 5.10 Å². The number of rotatable bonds is 5. The van der Waals surface area contributed by atoms with E-state index in [1.54, 1.807) is 6.20 Å². The first-order valence-corrected chi connectivity index (χ1v) is 5.14. The molecule has 0 aliphatic heterocycles. The molecule has 0 aliphatic carbocycles. The number of nitrogens with one attached hydrogen (secondary N) is 2. The second-order valence-corrected chi connectivity index (χ2v) is 3.44. The van der Waals surface area contributed by atoms with E-state index in [1.807, 2.05) is 12.1 Å². The maximum atomic E-state index is 5.54. The Labute approximate surface area is 93.3 Å². The normalized spacial score (nSPS) is 10.2. The quantitative estimate of drug-likeness (QED) is 0.646. The fraction of sp³-hybridized carbons (Fsp3) is 0.300. The van der Waals surface area contributed by atoms with Gasteiger partial charge in [0.2, 0.25) is 0 Å². The van der Waals surface area contributed by atoms with Gasteiger partial charge in [0.15, 0.2) is 0 Å². The predicted molar refractivity (Wildman–Crippen MR) is 61.8 cm³/mol. The van der Waals surface area contributed by atoms with Crippen LogP contribution in [0.2, 0.25) is 0 Å². The predicted octanol–water partition coefficient (Wildman–Crippen LogP) is 0.827. The van der Waals surface area contributed by atoms with Gasteiger partial charge >= 0.3 is 0 Å². The van der Waals surface area contributed by atoms with Crippen molar-refractivity contribution < 1.29 is 0 Å². The van der Waals surface area contributed by atoms with Crippen LogP contribution in [0.5, 0.6) is 0 Å². The summed E-state index contributed by atoms with van der Waals surface area (Å²) >= 11 is 0. The van der Waals surface area contributed by atoms with Crippen molar-refractivity contribution in [2.24, 2.45) is 0 Å². The van der Waals surface area contributed by atoms with Crippen molar-refractivity contribution in [2.45, 2.75) is 12.8 Å². The second-order valence-electron chi connectivity index (χ2n) is 3.44. The van der Waals surface area contributed by atoms with Crippen LogP contribution in [0.3, 0.4) is 0 Å². The van der Waals surface area contributed by atoms with Crippen LogP contribution in [0.1, 0.15) is 12.2 Å². The minimum Gasteiger partial charge on any atom is -0.397 e. The van der Waals surface area contributed by atoms with Crippen LogP contribution in [0.25, 0.3) is 0 Å². The van der Waals surface area contributed by atoms with Gasteiger partial charge in [0.05, 0.1) is 11.9 Å². The van der Waals surface area contributed by atoms with Crippen LogP contribution in [0, 0.1) is 0 Å². The maximum absolute atomic E-state index is 5.54. The standard InChI is InChI=1S/C10H14N6/c11-8-3-4-9(13-6-8)12-5-1-2-10-14-7-15-16-10/h3-4,6-7H,1-2,5,11H2,(H,12,13)(H,14,15,16). The molecule has 2 rings (SSSR count). The summed E-state index contributed by atoms with van der Waals surface area (Å²) in [5.74, 6) is 1.75. The molecule has 2 aromatic heterocycles. The van der Waals surface area contributed by atoms with Crippen molar-refractivity contribution in [3.63, 3.8) is 0 Å². The van der Waals surface area contributed by atoms with Crippen molar-refractivity contribution in [1.29, 1.82) is 0 Å². The average Bonchev–Trinajstić information content (AvgIpc) is 2.80. The minimum atomic E-state index is 0.673. The Morgan fingerprint density at radius 1 is 1.31 bits per heavy atom. The molecule has 16 heavy (non-hydrogen) atoms. The summed E-state index contributed by atoms with van der Waals surface area (Å²) in [6.07, 6.45) is 5.01. The molecule has 4 N–H and O–H groups in total. The number of anilines is 2. The van der Waals surface area contributed by atoms with Gasteiger partial charge in [-0.05, 0) is 18.6 Å². The van der Waals surface area contributed by atoms with E-state index < -0.39 is 0 Å². The largest absolute Gasteiger partial charge is 0.397 e. The van der Waals surface area contributed by atoms with E-state index in [-0.39, 0.29) is 0 Å². The van der Waals surface area contributed by atoms with Crippen LogP contribution >= 0.6 is 0 Å². The van der Waals surface area contributed by atoms with Crippen LogP contribution in [0.15, 0.2) is 24.7 Å². The lowest BCUT2D eigenvalue weighted by Gasteiger charge is -2.04. The number of nitrogens with zero attached hydrogens (tertiary/aromatic N) is 3. The Hall–Kier alpha value is -2.11. The molecule has 2 aromatic rings. The molecule has 0 amide bonds. The summed E-state index contributed by atoms with van der Waals surface area (Å²) in [5.41, 5.74) is 6.21. The van der Waals surface area contributed by atoms with Crippen molar-refractivity contribution in [3.8, 4) is 0 Å². The lowest BCUT2D eigenvalue weighted by molar-refractivity contribution is 0.803. The van der Waals surface area contributed by atoms with Crippen LogP contribution in [0.4, 0.5) is 11.5 Å². The summed E-state index contributed by atoms with van der Waals surface area (Å²) < 4.78 is 0. The zero-order chi connectivity index (χ0) is 11.2. The van der Waals surface area contributed by atoms with Gasteiger partial charge in [0.1, 0.15) is 18.0 Å². The Bertz CT molecular complexity index is 407. The third-order valence-electron chi connectivity index (χ3n) is 2.15. The molecule has 0 aromatic carbocycles. The van der Waals surface area contributed by atoms with Gasteiger partial charge in [-0.25, -0.2) is 9.97 Å². The molecule has 0 unspecified atom stereocenters. The number of hydrogen-bond donors (Lipinski definition) is 3. The van der Waals surface area contributed by atoms with Crippen LogP contribution < -0.4 is 11.1 Å². The average molecular weight is 218 g/mol. The van der Waals surface area contributed by atoms with E-state index >= 15 is 0 Å². The van der Waals surface area contributed by atoms with Crippen LogP contribution in [-0.2, 0) is 6.42 Å². The van der Waals surface area contributed by atoms with E-state index in [1.165, 1.54) is 6.33 Å². The van der Waals surface area contributed by atoms with Crippen LogP contribution in [-0.4, -0.2) is 26.7 Å². The number of aryl methyl sites for hydroxylation is 1. The van der Waals surface area contributed by atoms with E-state index in [2.05, 4.69) is 25.5 Å². The molecule has 6 nitrogen and oxygen atoms in total. The van der Waals surface area contributed by atoms with E-state index in [9.17, 15) is 0 Å². The van der Waals surface area contributed by atoms with Gasteiger partial charge in [-0.3, -0.25) is 5.10 Å². The number of aromatic amines is 1. The third kappa shape index (κ3) is 2.94. The van der Waals surface area contributed by atoms with E-state index in [0.29, 0.717) is 5.69 Å². The Morgan fingerprint density at radius 3 is 2.94 bits per heavy atom. The highest BCUT2D eigenvalue weighted by molar-refractivity contribution is 5.43. The third-order valence-corrected chi connectivity index (χ3v) is 2.15. The molecule has 6 heteroatoms. The van der Waals surface area contributed by atoms with Gasteiger partial charge in [-0.15, -0.1) is 0 Å². The Kier molecular flexibility index (Phi) is 3.32. The SMILES string of the molecule is Nc1ccc(NCCCc2ncn[nH]2)nc1. The zero-order valence-corrected chi connectivity index (χ0v) is 8.85. The topological polar surface area (TPSA) is 92.5 Å². The summed E-state index contributed by atoms with van der Waals surface area (Å²) in [4.78, 5) is 8.19. The summed E-state index contributed by atoms with van der Waals surface area (Å²) in [7, 11) is 0. The number of pyridine rings is 1. The van der Waals surface area contributed by atoms with E-state index in [0.717, 1.165) is 31.0 Å². The smallest absolute Gasteiger partial charge is 0.137 e. The molecule has 0 radical (unpaired) electrons. The molecule has 2 heterocycles. The highest BCUT2D eigenvalue weighted by Gasteiger charge is 1.96. The summed E-state index contributed by atoms with van der Waals surface area (Å²) in [5, 5.41) is 9.81. The number of nitrogen functional groups attached to an aromatic ring is 1. The fourth-order valence-corrected chi connectivity index (χ4v) is 1.33. The number of nitrogens with two attached hydrogens (primary N) is 1.